The summed E-state index contributed by atoms with van der Waals surface area (Å²) < 4.78 is 0. The molecule has 1 aromatic carbocycles. The zero-order chi connectivity index (χ0) is 11.7. The first-order valence-corrected chi connectivity index (χ1v) is 7.62. The highest BCUT2D eigenvalue weighted by Crippen LogP contribution is 2.29. The van der Waals surface area contributed by atoms with Gasteiger partial charge in [0.2, 0.25) is 0 Å². The van der Waals surface area contributed by atoms with Crippen molar-refractivity contribution in [2.24, 2.45) is 0 Å². The minimum Gasteiger partial charge on any atom is -0.384 e. The third-order valence-corrected chi connectivity index (χ3v) is 5.03. The van der Waals surface area contributed by atoms with Crippen LogP contribution in [0.3, 0.4) is 0 Å². The van der Waals surface area contributed by atoms with Crippen LogP contribution in [-0.4, -0.2) is 36.0 Å². The quantitative estimate of drug-likeness (QED) is 0.885. The Bertz CT molecular complexity index is 399. The van der Waals surface area contributed by atoms with Crippen molar-refractivity contribution in [1.29, 1.82) is 0 Å². The van der Waals surface area contributed by atoms with Crippen molar-refractivity contribution in [3.63, 3.8) is 0 Å². The van der Waals surface area contributed by atoms with Crippen molar-refractivity contribution in [2.75, 3.05) is 30.4 Å². The summed E-state index contributed by atoms with van der Waals surface area (Å²) in [6, 6.07) is 7.51. The molecule has 0 saturated carbocycles. The van der Waals surface area contributed by atoms with Crippen LogP contribution in [0.25, 0.3) is 0 Å². The maximum Gasteiger partial charge on any atom is 0.0419 e. The molecule has 2 heterocycles. The molecule has 1 atom stereocenters. The first-order valence-electron chi connectivity index (χ1n) is 6.47. The lowest BCUT2D eigenvalue weighted by Crippen LogP contribution is -2.31. The summed E-state index contributed by atoms with van der Waals surface area (Å²) in [5.74, 6) is 2.64. The van der Waals surface area contributed by atoms with Crippen LogP contribution in [0.15, 0.2) is 18.2 Å². The number of nitrogens with zero attached hydrogens (tertiary/aromatic N) is 1. The highest BCUT2D eigenvalue weighted by atomic mass is 32.2. The molecule has 1 fully saturated rings. The van der Waals surface area contributed by atoms with Gasteiger partial charge in [0.05, 0.1) is 0 Å². The van der Waals surface area contributed by atoms with Crippen LogP contribution in [0, 0.1) is 0 Å². The lowest BCUT2D eigenvalue weighted by Gasteiger charge is -2.24. The number of hydrogen-bond donors (Lipinski definition) is 1. The highest BCUT2D eigenvalue weighted by Gasteiger charge is 2.21. The van der Waals surface area contributed by atoms with Crippen molar-refractivity contribution in [2.45, 2.75) is 25.4 Å². The molecule has 92 valence electrons. The Morgan fingerprint density at radius 2 is 2.41 bits per heavy atom. The van der Waals surface area contributed by atoms with E-state index in [4.69, 9.17) is 0 Å². The predicted molar refractivity (Wildman–Crippen MR) is 75.8 cm³/mol. The molecule has 0 spiro atoms. The largest absolute Gasteiger partial charge is 0.384 e. The minimum absolute atomic E-state index is 0.775. The van der Waals surface area contributed by atoms with Gasteiger partial charge in [-0.2, -0.15) is 11.8 Å². The molecular weight excluding hydrogens is 228 g/mol. The number of benzene rings is 1. The van der Waals surface area contributed by atoms with Gasteiger partial charge in [0.1, 0.15) is 0 Å². The minimum atomic E-state index is 0.775. The van der Waals surface area contributed by atoms with E-state index in [-0.39, 0.29) is 0 Å². The summed E-state index contributed by atoms with van der Waals surface area (Å²) in [6.45, 7) is 2.19. The summed E-state index contributed by atoms with van der Waals surface area (Å²) in [4.78, 5) is 2.52. The van der Waals surface area contributed by atoms with Gasteiger partial charge in [-0.3, -0.25) is 4.90 Å². The molecule has 0 radical (unpaired) electrons. The second-order valence-corrected chi connectivity index (χ2v) is 6.21. The number of para-hydroxylation sites is 1. The molecule has 0 amide bonds. The summed E-state index contributed by atoms with van der Waals surface area (Å²) >= 11 is 2.09. The average molecular weight is 248 g/mol. The predicted octanol–water partition coefficient (Wildman–Crippen LogP) is 2.59. The third kappa shape index (κ3) is 2.31. The Labute approximate surface area is 108 Å². The molecule has 0 aliphatic carbocycles. The van der Waals surface area contributed by atoms with Crippen molar-refractivity contribution in [3.05, 3.63) is 29.3 Å². The molecule has 0 aromatic heterocycles. The molecule has 3 rings (SSSR count). The fourth-order valence-electron chi connectivity index (χ4n) is 2.81. The van der Waals surface area contributed by atoms with Crippen molar-refractivity contribution >= 4 is 17.4 Å². The summed E-state index contributed by atoms with van der Waals surface area (Å²) in [7, 11) is 2.27. The SMILES string of the molecule is CN(Cc1cccc2c1NCC2)C1CCSC1. The van der Waals surface area contributed by atoms with Gasteiger partial charge in [-0.25, -0.2) is 0 Å². The smallest absolute Gasteiger partial charge is 0.0419 e. The summed E-state index contributed by atoms with van der Waals surface area (Å²) in [6.07, 6.45) is 2.54. The van der Waals surface area contributed by atoms with Crippen LogP contribution in [0.5, 0.6) is 0 Å². The number of anilines is 1. The molecule has 2 aliphatic heterocycles. The Hall–Kier alpha value is -0.670. The maximum atomic E-state index is 3.53. The van der Waals surface area contributed by atoms with Crippen LogP contribution in [0.4, 0.5) is 5.69 Å². The Morgan fingerprint density at radius 3 is 3.24 bits per heavy atom. The Kier molecular flexibility index (Phi) is 3.30. The molecule has 0 bridgehead atoms. The van der Waals surface area contributed by atoms with Crippen LogP contribution in [-0.2, 0) is 13.0 Å². The summed E-state index contributed by atoms with van der Waals surface area (Å²) in [5, 5.41) is 3.53. The van der Waals surface area contributed by atoms with Gasteiger partial charge in [-0.1, -0.05) is 18.2 Å². The molecule has 2 aliphatic rings. The Balaban J connectivity index is 1.74. The van der Waals surface area contributed by atoms with Gasteiger partial charge in [0.25, 0.3) is 0 Å². The maximum absolute atomic E-state index is 3.53. The van der Waals surface area contributed by atoms with E-state index in [0.717, 1.165) is 19.1 Å². The fourth-order valence-corrected chi connectivity index (χ4v) is 4.11. The van der Waals surface area contributed by atoms with Gasteiger partial charge < -0.3 is 5.32 Å². The molecule has 3 heteroatoms. The zero-order valence-electron chi connectivity index (χ0n) is 10.4. The van der Waals surface area contributed by atoms with Gasteiger partial charge in [-0.05, 0) is 36.8 Å². The standard InChI is InChI=1S/C14H20N2S/c1-16(13-6-8-17-10-13)9-12-4-2-3-11-5-7-15-14(11)12/h2-4,13,15H,5-10H2,1H3. The van der Waals surface area contributed by atoms with E-state index >= 15 is 0 Å². The summed E-state index contributed by atoms with van der Waals surface area (Å²) in [5.41, 5.74) is 4.38. The lowest BCUT2D eigenvalue weighted by atomic mass is 10.1. The topological polar surface area (TPSA) is 15.3 Å². The molecule has 2 nitrogen and oxygen atoms in total. The number of fused-ring (bicyclic) bond motifs is 1. The molecule has 1 aromatic rings. The number of thioether (sulfide) groups is 1. The highest BCUT2D eigenvalue weighted by molar-refractivity contribution is 7.99. The van der Waals surface area contributed by atoms with Crippen LogP contribution < -0.4 is 5.32 Å². The van der Waals surface area contributed by atoms with E-state index < -0.39 is 0 Å². The molecule has 1 saturated heterocycles. The van der Waals surface area contributed by atoms with Gasteiger partial charge in [0.15, 0.2) is 0 Å². The van der Waals surface area contributed by atoms with Crippen LogP contribution >= 0.6 is 11.8 Å². The van der Waals surface area contributed by atoms with E-state index in [1.807, 2.05) is 0 Å². The average Bonchev–Trinajstić information content (AvgIpc) is 3.00. The third-order valence-electron chi connectivity index (χ3n) is 3.88. The molecular formula is C14H20N2S. The van der Waals surface area contributed by atoms with Crippen molar-refractivity contribution < 1.29 is 0 Å². The first-order chi connectivity index (χ1) is 8.34. The molecule has 17 heavy (non-hydrogen) atoms. The molecule has 1 unspecified atom stereocenters. The van der Waals surface area contributed by atoms with E-state index in [1.165, 1.54) is 41.2 Å². The second kappa shape index (κ2) is 4.91. The van der Waals surface area contributed by atoms with Gasteiger partial charge in [-0.15, -0.1) is 0 Å². The number of rotatable bonds is 3. The van der Waals surface area contributed by atoms with E-state index in [0.29, 0.717) is 0 Å². The zero-order valence-corrected chi connectivity index (χ0v) is 11.2. The van der Waals surface area contributed by atoms with E-state index in [2.05, 4.69) is 47.2 Å². The molecule has 1 N–H and O–H groups in total. The van der Waals surface area contributed by atoms with Crippen LogP contribution in [0.2, 0.25) is 0 Å². The van der Waals surface area contributed by atoms with E-state index in [9.17, 15) is 0 Å². The fraction of sp³-hybridized carbons (Fsp3) is 0.571. The van der Waals surface area contributed by atoms with E-state index in [1.54, 1.807) is 0 Å². The van der Waals surface area contributed by atoms with Crippen molar-refractivity contribution in [1.82, 2.24) is 4.90 Å². The monoisotopic (exact) mass is 248 g/mol. The first kappa shape index (κ1) is 11.4. The van der Waals surface area contributed by atoms with Gasteiger partial charge in [0, 0.05) is 30.6 Å². The van der Waals surface area contributed by atoms with Gasteiger partial charge >= 0.3 is 0 Å². The lowest BCUT2D eigenvalue weighted by molar-refractivity contribution is 0.255. The number of hydrogen-bond acceptors (Lipinski definition) is 3. The normalized spacial score (nSPS) is 22.8. The van der Waals surface area contributed by atoms with Crippen molar-refractivity contribution in [3.8, 4) is 0 Å². The second-order valence-electron chi connectivity index (χ2n) is 5.06. The number of nitrogens with one attached hydrogen (secondary N) is 1. The van der Waals surface area contributed by atoms with Crippen LogP contribution in [0.1, 0.15) is 17.5 Å². The Morgan fingerprint density at radius 1 is 1.47 bits per heavy atom.